The highest BCUT2D eigenvalue weighted by molar-refractivity contribution is 5.67. The van der Waals surface area contributed by atoms with Crippen LogP contribution < -0.4 is 0 Å². The average Bonchev–Trinajstić information content (AvgIpc) is 2.24. The van der Waals surface area contributed by atoms with E-state index in [0.29, 0.717) is 0 Å². The van der Waals surface area contributed by atoms with Gasteiger partial charge in [-0.3, -0.25) is 9.78 Å². The quantitative estimate of drug-likeness (QED) is 0.785. The summed E-state index contributed by atoms with van der Waals surface area (Å²) < 4.78 is 44.7. The van der Waals surface area contributed by atoms with Crippen LogP contribution in [0.2, 0.25) is 0 Å². The molecule has 1 rings (SSSR count). The maximum atomic E-state index is 13.4. The fraction of sp³-hybridized carbons (Fsp3) is 0.500. The van der Waals surface area contributed by atoms with E-state index in [0.717, 1.165) is 6.92 Å². The smallest absolute Gasteiger partial charge is 0.434 e. The second-order valence-corrected chi connectivity index (χ2v) is 4.20. The summed E-state index contributed by atoms with van der Waals surface area (Å²) in [5.41, 5.74) is -3.03. The van der Waals surface area contributed by atoms with Gasteiger partial charge >= 0.3 is 12.1 Å². The number of aromatic nitrogens is 1. The first-order valence-corrected chi connectivity index (χ1v) is 5.39. The molecule has 0 saturated carbocycles. The molecule has 0 aliphatic heterocycles. The predicted octanol–water partition coefficient (Wildman–Crippen LogP) is 3.06. The Hall–Kier alpha value is -1.59. The molecule has 1 atom stereocenters. The van der Waals surface area contributed by atoms with Crippen LogP contribution in [-0.2, 0) is 15.1 Å². The first-order valence-electron chi connectivity index (χ1n) is 5.39. The van der Waals surface area contributed by atoms with Gasteiger partial charge in [-0.15, -0.1) is 0 Å². The third-order valence-electron chi connectivity index (χ3n) is 2.58. The number of hydrogen-bond donors (Lipinski definition) is 0. The van der Waals surface area contributed by atoms with Gasteiger partial charge in [-0.2, -0.15) is 13.2 Å². The van der Waals surface area contributed by atoms with Crippen LogP contribution in [0.1, 0.15) is 26.5 Å². The van der Waals surface area contributed by atoms with Crippen molar-refractivity contribution in [2.75, 3.05) is 0 Å². The van der Waals surface area contributed by atoms with Crippen molar-refractivity contribution in [1.82, 2.24) is 4.98 Å². The van der Waals surface area contributed by atoms with Crippen molar-refractivity contribution in [2.24, 2.45) is 5.92 Å². The minimum atomic E-state index is -4.73. The van der Waals surface area contributed by atoms with Crippen LogP contribution in [0.15, 0.2) is 24.4 Å². The standard InChI is InChI=1S/C12H14F3NO2/c1-8(2)11(12(13,14)15,18-9(3)17)10-6-4-5-7-16-10/h4-8H,1-3H3. The van der Waals surface area contributed by atoms with Gasteiger partial charge in [0.25, 0.3) is 5.60 Å². The molecule has 6 heteroatoms. The zero-order valence-electron chi connectivity index (χ0n) is 10.3. The molecule has 1 unspecified atom stereocenters. The predicted molar refractivity (Wildman–Crippen MR) is 58.6 cm³/mol. The topological polar surface area (TPSA) is 39.2 Å². The van der Waals surface area contributed by atoms with Gasteiger partial charge in [0, 0.05) is 19.0 Å². The molecule has 3 nitrogen and oxygen atoms in total. The second kappa shape index (κ2) is 4.96. The van der Waals surface area contributed by atoms with Crippen molar-refractivity contribution >= 4 is 5.97 Å². The molecule has 100 valence electrons. The van der Waals surface area contributed by atoms with Crippen LogP contribution in [0.5, 0.6) is 0 Å². The Balaban J connectivity index is 3.44. The number of halogens is 3. The van der Waals surface area contributed by atoms with E-state index < -0.39 is 23.7 Å². The van der Waals surface area contributed by atoms with Crippen LogP contribution in [0.4, 0.5) is 13.2 Å². The molecule has 0 amide bonds. The Kier molecular flexibility index (Phi) is 3.98. The Bertz CT molecular complexity index is 417. The van der Waals surface area contributed by atoms with Gasteiger partial charge in [0.15, 0.2) is 0 Å². The lowest BCUT2D eigenvalue weighted by Crippen LogP contribution is -2.50. The molecular weight excluding hydrogens is 247 g/mol. The molecule has 0 N–H and O–H groups in total. The first-order chi connectivity index (χ1) is 8.22. The summed E-state index contributed by atoms with van der Waals surface area (Å²) >= 11 is 0. The maximum Gasteiger partial charge on any atom is 0.434 e. The molecule has 18 heavy (non-hydrogen) atoms. The van der Waals surface area contributed by atoms with Crippen molar-refractivity contribution < 1.29 is 22.7 Å². The average molecular weight is 261 g/mol. The number of ether oxygens (including phenoxy) is 1. The van der Waals surface area contributed by atoms with E-state index in [2.05, 4.69) is 9.72 Å². The van der Waals surface area contributed by atoms with Gasteiger partial charge in [-0.05, 0) is 12.1 Å². The number of carbonyl (C=O) groups is 1. The van der Waals surface area contributed by atoms with Crippen LogP contribution in [0.25, 0.3) is 0 Å². The van der Waals surface area contributed by atoms with Gasteiger partial charge in [-0.25, -0.2) is 0 Å². The molecule has 1 heterocycles. The lowest BCUT2D eigenvalue weighted by atomic mass is 9.85. The van der Waals surface area contributed by atoms with Crippen molar-refractivity contribution in [3.8, 4) is 0 Å². The first kappa shape index (κ1) is 14.5. The molecule has 0 spiro atoms. The summed E-state index contributed by atoms with van der Waals surface area (Å²) in [4.78, 5) is 14.7. The zero-order chi connectivity index (χ0) is 14.0. The fourth-order valence-electron chi connectivity index (χ4n) is 1.81. The second-order valence-electron chi connectivity index (χ2n) is 4.20. The van der Waals surface area contributed by atoms with E-state index in [-0.39, 0.29) is 5.69 Å². The highest BCUT2D eigenvalue weighted by Crippen LogP contribution is 2.46. The molecule has 1 aromatic rings. The summed E-state index contributed by atoms with van der Waals surface area (Å²) in [5, 5.41) is 0. The Morgan fingerprint density at radius 2 is 1.94 bits per heavy atom. The molecule has 0 radical (unpaired) electrons. The zero-order valence-corrected chi connectivity index (χ0v) is 10.3. The molecule has 1 aromatic heterocycles. The molecule has 0 bridgehead atoms. The normalized spacial score (nSPS) is 15.3. The van der Waals surface area contributed by atoms with Gasteiger partial charge in [0.1, 0.15) is 0 Å². The van der Waals surface area contributed by atoms with E-state index in [9.17, 15) is 18.0 Å². The lowest BCUT2D eigenvalue weighted by molar-refractivity contribution is -0.292. The summed E-state index contributed by atoms with van der Waals surface area (Å²) in [6, 6.07) is 4.13. The van der Waals surface area contributed by atoms with Crippen molar-refractivity contribution in [3.63, 3.8) is 0 Å². The summed E-state index contributed by atoms with van der Waals surface area (Å²) in [5.74, 6) is -1.98. The van der Waals surface area contributed by atoms with E-state index in [4.69, 9.17) is 0 Å². The fourth-order valence-corrected chi connectivity index (χ4v) is 1.81. The molecule has 0 aliphatic carbocycles. The van der Waals surface area contributed by atoms with E-state index in [1.807, 2.05) is 0 Å². The van der Waals surface area contributed by atoms with Crippen LogP contribution in [0, 0.1) is 5.92 Å². The number of rotatable bonds is 3. The number of nitrogens with zero attached hydrogens (tertiary/aromatic N) is 1. The van der Waals surface area contributed by atoms with Crippen molar-refractivity contribution in [1.29, 1.82) is 0 Å². The Morgan fingerprint density at radius 1 is 1.33 bits per heavy atom. The number of alkyl halides is 3. The van der Waals surface area contributed by atoms with Gasteiger partial charge in [0.05, 0.1) is 5.69 Å². The minimum absolute atomic E-state index is 0.317. The van der Waals surface area contributed by atoms with E-state index in [1.165, 1.54) is 38.2 Å². The van der Waals surface area contributed by atoms with Crippen LogP contribution in [0.3, 0.4) is 0 Å². The monoisotopic (exact) mass is 261 g/mol. The number of carbonyl (C=O) groups excluding carboxylic acids is 1. The van der Waals surface area contributed by atoms with Gasteiger partial charge in [0.2, 0.25) is 0 Å². The number of esters is 1. The Morgan fingerprint density at radius 3 is 2.28 bits per heavy atom. The third-order valence-corrected chi connectivity index (χ3v) is 2.58. The molecule has 0 fully saturated rings. The largest absolute Gasteiger partial charge is 0.443 e. The van der Waals surface area contributed by atoms with E-state index in [1.54, 1.807) is 0 Å². The van der Waals surface area contributed by atoms with E-state index >= 15 is 0 Å². The number of hydrogen-bond acceptors (Lipinski definition) is 3. The molecular formula is C12H14F3NO2. The number of pyridine rings is 1. The molecule has 0 aromatic carbocycles. The lowest BCUT2D eigenvalue weighted by Gasteiger charge is -2.37. The SMILES string of the molecule is CC(=O)OC(c1ccccn1)(C(C)C)C(F)(F)F. The highest BCUT2D eigenvalue weighted by Gasteiger charge is 2.62. The maximum absolute atomic E-state index is 13.4. The Labute approximate surface area is 103 Å². The van der Waals surface area contributed by atoms with Gasteiger partial charge < -0.3 is 4.74 Å². The summed E-state index contributed by atoms with van der Waals surface area (Å²) in [6.07, 6.45) is -3.50. The molecule has 0 aliphatic rings. The van der Waals surface area contributed by atoms with Crippen molar-refractivity contribution in [2.45, 2.75) is 32.5 Å². The minimum Gasteiger partial charge on any atom is -0.443 e. The highest BCUT2D eigenvalue weighted by atomic mass is 19.4. The summed E-state index contributed by atoms with van der Waals surface area (Å²) in [7, 11) is 0. The summed E-state index contributed by atoms with van der Waals surface area (Å²) in [6.45, 7) is 3.63. The van der Waals surface area contributed by atoms with Gasteiger partial charge in [-0.1, -0.05) is 19.9 Å². The third kappa shape index (κ3) is 2.47. The molecule has 0 saturated heterocycles. The van der Waals surface area contributed by atoms with Crippen molar-refractivity contribution in [3.05, 3.63) is 30.1 Å². The van der Waals surface area contributed by atoms with Crippen LogP contribution in [-0.4, -0.2) is 17.1 Å². The van der Waals surface area contributed by atoms with Crippen LogP contribution >= 0.6 is 0 Å².